The van der Waals surface area contributed by atoms with Crippen molar-refractivity contribution in [2.24, 2.45) is 5.84 Å². The topological polar surface area (TPSA) is 80.0 Å². The molecule has 5 heteroatoms. The van der Waals surface area contributed by atoms with Gasteiger partial charge in [0, 0.05) is 12.2 Å². The molecule has 1 rings (SSSR count). The van der Waals surface area contributed by atoms with Crippen molar-refractivity contribution in [3.8, 4) is 0 Å². The van der Waals surface area contributed by atoms with Gasteiger partial charge in [0.05, 0.1) is 5.69 Å². The lowest BCUT2D eigenvalue weighted by Gasteiger charge is -2.13. The van der Waals surface area contributed by atoms with Crippen LogP contribution in [0.4, 0.5) is 5.69 Å². The Kier molecular flexibility index (Phi) is 5.42. The molecule has 1 aromatic rings. The molecule has 1 unspecified atom stereocenters. The second kappa shape index (κ2) is 6.85. The number of carbonyl (C=O) groups excluding carboxylic acids is 1. The van der Waals surface area contributed by atoms with Crippen LogP contribution < -0.4 is 16.6 Å². The summed E-state index contributed by atoms with van der Waals surface area (Å²) < 4.78 is 0. The van der Waals surface area contributed by atoms with E-state index in [0.717, 1.165) is 19.3 Å². The van der Waals surface area contributed by atoms with Gasteiger partial charge in [-0.1, -0.05) is 19.8 Å². The van der Waals surface area contributed by atoms with Crippen molar-refractivity contribution in [2.75, 3.05) is 5.43 Å². The monoisotopic (exact) mass is 236 g/mol. The highest BCUT2D eigenvalue weighted by molar-refractivity contribution is 5.93. The number of hydrogen-bond acceptors (Lipinski definition) is 4. The Morgan fingerprint density at radius 1 is 1.59 bits per heavy atom. The maximum absolute atomic E-state index is 11.8. The largest absolute Gasteiger partial charge is 0.348 e. The number of rotatable bonds is 6. The van der Waals surface area contributed by atoms with Crippen molar-refractivity contribution in [1.82, 2.24) is 10.3 Å². The number of nitrogen functional groups attached to an aromatic ring is 1. The van der Waals surface area contributed by atoms with E-state index in [2.05, 4.69) is 22.7 Å². The van der Waals surface area contributed by atoms with Crippen LogP contribution in [0.25, 0.3) is 0 Å². The summed E-state index contributed by atoms with van der Waals surface area (Å²) in [5.41, 5.74) is 3.54. The lowest BCUT2D eigenvalue weighted by Crippen LogP contribution is -2.33. The highest BCUT2D eigenvalue weighted by Gasteiger charge is 2.10. The van der Waals surface area contributed by atoms with Crippen molar-refractivity contribution < 1.29 is 4.79 Å². The zero-order valence-electron chi connectivity index (χ0n) is 10.4. The number of anilines is 1. The molecule has 5 nitrogen and oxygen atoms in total. The first-order valence-electron chi connectivity index (χ1n) is 5.91. The molecule has 0 spiro atoms. The summed E-state index contributed by atoms with van der Waals surface area (Å²) in [5.74, 6) is 5.11. The van der Waals surface area contributed by atoms with Gasteiger partial charge < -0.3 is 10.7 Å². The highest BCUT2D eigenvalue weighted by Crippen LogP contribution is 2.07. The van der Waals surface area contributed by atoms with Crippen LogP contribution in [-0.4, -0.2) is 16.9 Å². The van der Waals surface area contributed by atoms with E-state index >= 15 is 0 Å². The Labute approximate surface area is 102 Å². The van der Waals surface area contributed by atoms with Gasteiger partial charge in [-0.2, -0.15) is 0 Å². The molecule has 0 aliphatic heterocycles. The van der Waals surface area contributed by atoms with E-state index in [1.54, 1.807) is 18.3 Å². The van der Waals surface area contributed by atoms with Crippen molar-refractivity contribution >= 4 is 11.6 Å². The number of amides is 1. The molecule has 0 aromatic carbocycles. The Balaban J connectivity index is 2.56. The number of unbranched alkanes of at least 4 members (excludes halogenated alkanes) is 1. The third kappa shape index (κ3) is 4.40. The second-order valence-corrected chi connectivity index (χ2v) is 4.09. The van der Waals surface area contributed by atoms with Crippen molar-refractivity contribution in [1.29, 1.82) is 0 Å². The zero-order chi connectivity index (χ0) is 12.7. The molecule has 1 atom stereocenters. The number of carbonyl (C=O) groups is 1. The lowest BCUT2D eigenvalue weighted by molar-refractivity contribution is 0.0933. The van der Waals surface area contributed by atoms with Gasteiger partial charge in [-0.25, -0.2) is 0 Å². The number of nitrogens with zero attached hydrogens (tertiary/aromatic N) is 1. The molecule has 0 radical (unpaired) electrons. The molecule has 0 saturated heterocycles. The summed E-state index contributed by atoms with van der Waals surface area (Å²) in [6, 6.07) is 3.50. The molecule has 0 bridgehead atoms. The smallest absolute Gasteiger partial charge is 0.270 e. The Morgan fingerprint density at radius 3 is 3.00 bits per heavy atom. The van der Waals surface area contributed by atoms with E-state index in [9.17, 15) is 4.79 Å². The summed E-state index contributed by atoms with van der Waals surface area (Å²) in [6.45, 7) is 4.13. The molecular formula is C12H20N4O. The summed E-state index contributed by atoms with van der Waals surface area (Å²) in [6.07, 6.45) is 4.78. The van der Waals surface area contributed by atoms with Crippen molar-refractivity contribution in [3.63, 3.8) is 0 Å². The molecule has 17 heavy (non-hydrogen) atoms. The fourth-order valence-electron chi connectivity index (χ4n) is 1.52. The standard InChI is InChI=1S/C12H20N4O/c1-3-4-5-9(2)15-12(17)11-8-10(16-13)6-7-14-11/h6-9H,3-5,13H2,1-2H3,(H,14,16)(H,15,17). The number of hydrazine groups is 1. The molecule has 0 fully saturated rings. The first kappa shape index (κ1) is 13.4. The fraction of sp³-hybridized carbons (Fsp3) is 0.500. The third-order valence-electron chi connectivity index (χ3n) is 2.53. The predicted octanol–water partition coefficient (Wildman–Crippen LogP) is 1.68. The van der Waals surface area contributed by atoms with Crippen LogP contribution in [0.2, 0.25) is 0 Å². The normalized spacial score (nSPS) is 11.9. The van der Waals surface area contributed by atoms with Gasteiger partial charge in [0.2, 0.25) is 0 Å². The van der Waals surface area contributed by atoms with Gasteiger partial charge in [-0.3, -0.25) is 15.6 Å². The Bertz CT molecular complexity index is 367. The van der Waals surface area contributed by atoms with Crippen LogP contribution in [0.1, 0.15) is 43.6 Å². The molecule has 1 aromatic heterocycles. The number of nitrogens with two attached hydrogens (primary N) is 1. The van der Waals surface area contributed by atoms with E-state index < -0.39 is 0 Å². The SMILES string of the molecule is CCCCC(C)NC(=O)c1cc(NN)ccn1. The second-order valence-electron chi connectivity index (χ2n) is 4.09. The van der Waals surface area contributed by atoms with Gasteiger partial charge >= 0.3 is 0 Å². The van der Waals surface area contributed by atoms with Crippen LogP contribution in [0.3, 0.4) is 0 Å². The van der Waals surface area contributed by atoms with E-state index in [0.29, 0.717) is 11.4 Å². The minimum absolute atomic E-state index is 0.161. The summed E-state index contributed by atoms with van der Waals surface area (Å²) in [7, 11) is 0. The maximum atomic E-state index is 11.8. The highest BCUT2D eigenvalue weighted by atomic mass is 16.1. The fourth-order valence-corrected chi connectivity index (χ4v) is 1.52. The van der Waals surface area contributed by atoms with E-state index in [1.165, 1.54) is 0 Å². The van der Waals surface area contributed by atoms with Crippen LogP contribution in [0, 0.1) is 0 Å². The lowest BCUT2D eigenvalue weighted by atomic mass is 10.1. The average molecular weight is 236 g/mol. The molecule has 0 aliphatic carbocycles. The summed E-state index contributed by atoms with van der Waals surface area (Å²) >= 11 is 0. The van der Waals surface area contributed by atoms with Gasteiger partial charge in [0.25, 0.3) is 5.91 Å². The van der Waals surface area contributed by atoms with Gasteiger partial charge in [0.15, 0.2) is 0 Å². The molecule has 1 amide bonds. The maximum Gasteiger partial charge on any atom is 0.270 e. The summed E-state index contributed by atoms with van der Waals surface area (Å²) in [4.78, 5) is 15.9. The number of pyridine rings is 1. The molecule has 0 aliphatic rings. The number of hydrogen-bond donors (Lipinski definition) is 3. The Hall–Kier alpha value is -1.62. The molecule has 4 N–H and O–H groups in total. The predicted molar refractivity (Wildman–Crippen MR) is 68.5 cm³/mol. The molecule has 0 saturated carbocycles. The van der Waals surface area contributed by atoms with Crippen molar-refractivity contribution in [2.45, 2.75) is 39.2 Å². The van der Waals surface area contributed by atoms with Crippen molar-refractivity contribution in [3.05, 3.63) is 24.0 Å². The van der Waals surface area contributed by atoms with Gasteiger partial charge in [0.1, 0.15) is 5.69 Å². The third-order valence-corrected chi connectivity index (χ3v) is 2.53. The number of nitrogens with one attached hydrogen (secondary N) is 2. The quantitative estimate of drug-likeness (QED) is 0.518. The minimum Gasteiger partial charge on any atom is -0.348 e. The van der Waals surface area contributed by atoms with Crippen LogP contribution in [0.5, 0.6) is 0 Å². The Morgan fingerprint density at radius 2 is 2.35 bits per heavy atom. The van der Waals surface area contributed by atoms with E-state index in [4.69, 9.17) is 5.84 Å². The minimum atomic E-state index is -0.161. The van der Waals surface area contributed by atoms with Crippen LogP contribution in [-0.2, 0) is 0 Å². The van der Waals surface area contributed by atoms with E-state index in [1.807, 2.05) is 6.92 Å². The first-order valence-corrected chi connectivity index (χ1v) is 5.91. The van der Waals surface area contributed by atoms with Gasteiger partial charge in [-0.15, -0.1) is 0 Å². The van der Waals surface area contributed by atoms with E-state index in [-0.39, 0.29) is 11.9 Å². The van der Waals surface area contributed by atoms with Crippen LogP contribution in [0.15, 0.2) is 18.3 Å². The number of aromatic nitrogens is 1. The van der Waals surface area contributed by atoms with Crippen LogP contribution >= 0.6 is 0 Å². The molecule has 1 heterocycles. The average Bonchev–Trinajstić information content (AvgIpc) is 2.36. The molecule has 94 valence electrons. The summed E-state index contributed by atoms with van der Waals surface area (Å²) in [5, 5.41) is 2.91. The first-order chi connectivity index (χ1) is 8.17. The molecular weight excluding hydrogens is 216 g/mol. The zero-order valence-corrected chi connectivity index (χ0v) is 10.4. The van der Waals surface area contributed by atoms with Gasteiger partial charge in [-0.05, 0) is 25.5 Å².